The van der Waals surface area contributed by atoms with Crippen molar-refractivity contribution in [2.24, 2.45) is 23.2 Å². The summed E-state index contributed by atoms with van der Waals surface area (Å²) in [6.07, 6.45) is 9.74. The number of imidazole rings is 1. The molecule has 2 aromatic rings. The Labute approximate surface area is 130 Å². The molecule has 2 aromatic heterocycles. The fourth-order valence-electron chi connectivity index (χ4n) is 5.52. The third kappa shape index (κ3) is 1.53. The standard InChI is InChI=1S/C18H21N3O/c1-18-11-21(10-15(18)12-2-4-14(18)8-12)17(22)13-3-5-16-19-6-7-20(16)9-13/h3,5-7,9,12,14-15H,2,4,8,10-11H2,1H3/t12-,14+,15?,18-/m1/s1. The monoisotopic (exact) mass is 295 g/mol. The van der Waals surface area contributed by atoms with Crippen LogP contribution in [0.3, 0.4) is 0 Å². The van der Waals surface area contributed by atoms with Gasteiger partial charge in [-0.05, 0) is 54.6 Å². The summed E-state index contributed by atoms with van der Waals surface area (Å²) in [6, 6.07) is 3.84. The Hall–Kier alpha value is -1.84. The van der Waals surface area contributed by atoms with E-state index in [0.29, 0.717) is 5.41 Å². The maximum absolute atomic E-state index is 12.9. The first-order valence-electron chi connectivity index (χ1n) is 8.37. The second kappa shape index (κ2) is 4.12. The molecule has 114 valence electrons. The average Bonchev–Trinajstić information content (AvgIpc) is 3.25. The molecule has 1 aliphatic heterocycles. The maximum Gasteiger partial charge on any atom is 0.255 e. The van der Waals surface area contributed by atoms with Gasteiger partial charge in [0.05, 0.1) is 5.56 Å². The number of amides is 1. The Morgan fingerprint density at radius 2 is 2.27 bits per heavy atom. The van der Waals surface area contributed by atoms with E-state index in [4.69, 9.17) is 0 Å². The van der Waals surface area contributed by atoms with Crippen LogP contribution in [0, 0.1) is 23.2 Å². The Morgan fingerprint density at radius 1 is 1.36 bits per heavy atom. The summed E-state index contributed by atoms with van der Waals surface area (Å²) in [5.41, 5.74) is 2.04. The first-order valence-corrected chi connectivity index (χ1v) is 8.37. The van der Waals surface area contributed by atoms with Gasteiger partial charge in [-0.3, -0.25) is 4.79 Å². The van der Waals surface area contributed by atoms with Crippen LogP contribution < -0.4 is 0 Å². The zero-order valence-electron chi connectivity index (χ0n) is 12.9. The molecule has 4 heteroatoms. The second-order valence-electron chi connectivity index (χ2n) is 7.68. The minimum atomic E-state index is 0.186. The summed E-state index contributed by atoms with van der Waals surface area (Å²) in [4.78, 5) is 19.3. The highest BCUT2D eigenvalue weighted by Gasteiger charge is 2.59. The van der Waals surface area contributed by atoms with Gasteiger partial charge in [-0.25, -0.2) is 4.98 Å². The van der Waals surface area contributed by atoms with Crippen LogP contribution in [-0.2, 0) is 0 Å². The summed E-state index contributed by atoms with van der Waals surface area (Å²) in [5, 5.41) is 0. The van der Waals surface area contributed by atoms with Crippen LogP contribution in [0.2, 0.25) is 0 Å². The van der Waals surface area contributed by atoms with Gasteiger partial charge < -0.3 is 9.30 Å². The molecule has 2 aliphatic carbocycles. The topological polar surface area (TPSA) is 37.6 Å². The molecule has 3 fully saturated rings. The Bertz CT molecular complexity index is 767. The molecule has 4 nitrogen and oxygen atoms in total. The molecule has 1 amide bonds. The van der Waals surface area contributed by atoms with Crippen molar-refractivity contribution in [2.75, 3.05) is 13.1 Å². The van der Waals surface area contributed by atoms with Gasteiger partial charge in [0.2, 0.25) is 0 Å². The number of pyridine rings is 1. The molecule has 0 aromatic carbocycles. The van der Waals surface area contributed by atoms with Crippen molar-refractivity contribution in [1.29, 1.82) is 0 Å². The van der Waals surface area contributed by atoms with Crippen molar-refractivity contribution in [2.45, 2.75) is 26.2 Å². The van der Waals surface area contributed by atoms with Gasteiger partial charge in [0.1, 0.15) is 5.65 Å². The number of hydrogen-bond acceptors (Lipinski definition) is 2. The molecule has 2 saturated carbocycles. The predicted octanol–water partition coefficient (Wildman–Crippen LogP) is 2.84. The summed E-state index contributed by atoms with van der Waals surface area (Å²) in [5.74, 6) is 2.62. The molecule has 22 heavy (non-hydrogen) atoms. The van der Waals surface area contributed by atoms with Crippen LogP contribution in [0.1, 0.15) is 36.5 Å². The van der Waals surface area contributed by atoms with Crippen LogP contribution in [0.25, 0.3) is 5.65 Å². The van der Waals surface area contributed by atoms with Crippen LogP contribution in [0.4, 0.5) is 0 Å². The summed E-state index contributed by atoms with van der Waals surface area (Å²) < 4.78 is 1.93. The molecular weight excluding hydrogens is 274 g/mol. The molecule has 0 N–H and O–H groups in total. The van der Waals surface area contributed by atoms with Crippen molar-refractivity contribution in [3.05, 3.63) is 36.3 Å². The van der Waals surface area contributed by atoms with Gasteiger partial charge in [-0.1, -0.05) is 6.92 Å². The van der Waals surface area contributed by atoms with Gasteiger partial charge in [-0.15, -0.1) is 0 Å². The lowest BCUT2D eigenvalue weighted by atomic mass is 9.70. The molecular formula is C18H21N3O. The Morgan fingerprint density at radius 3 is 3.14 bits per heavy atom. The van der Waals surface area contributed by atoms with E-state index in [1.165, 1.54) is 19.3 Å². The van der Waals surface area contributed by atoms with E-state index >= 15 is 0 Å². The molecule has 0 radical (unpaired) electrons. The van der Waals surface area contributed by atoms with Crippen molar-refractivity contribution >= 4 is 11.6 Å². The van der Waals surface area contributed by atoms with Crippen molar-refractivity contribution in [3.8, 4) is 0 Å². The minimum absolute atomic E-state index is 0.186. The molecule has 0 spiro atoms. The van der Waals surface area contributed by atoms with E-state index in [1.807, 2.05) is 28.9 Å². The maximum atomic E-state index is 12.9. The highest BCUT2D eigenvalue weighted by molar-refractivity contribution is 5.94. The van der Waals surface area contributed by atoms with Crippen LogP contribution in [0.5, 0.6) is 0 Å². The minimum Gasteiger partial charge on any atom is -0.338 e. The van der Waals surface area contributed by atoms with E-state index < -0.39 is 0 Å². The fourth-order valence-corrected chi connectivity index (χ4v) is 5.52. The van der Waals surface area contributed by atoms with Gasteiger partial charge in [0.25, 0.3) is 5.91 Å². The van der Waals surface area contributed by atoms with E-state index in [9.17, 15) is 4.79 Å². The number of carbonyl (C=O) groups is 1. The normalized spacial score (nSPS) is 36.2. The van der Waals surface area contributed by atoms with Gasteiger partial charge in [0, 0.05) is 31.7 Å². The highest BCUT2D eigenvalue weighted by Crippen LogP contribution is 2.62. The largest absolute Gasteiger partial charge is 0.338 e. The number of nitrogens with zero attached hydrogens (tertiary/aromatic N) is 3. The molecule has 5 rings (SSSR count). The van der Waals surface area contributed by atoms with Gasteiger partial charge >= 0.3 is 0 Å². The quantitative estimate of drug-likeness (QED) is 0.811. The number of likely N-dealkylation sites (tertiary alicyclic amines) is 1. The molecule has 2 bridgehead atoms. The highest BCUT2D eigenvalue weighted by atomic mass is 16.2. The number of fused-ring (bicyclic) bond motifs is 6. The van der Waals surface area contributed by atoms with Gasteiger partial charge in [0.15, 0.2) is 0 Å². The third-order valence-corrected chi connectivity index (χ3v) is 6.69. The van der Waals surface area contributed by atoms with Gasteiger partial charge in [-0.2, -0.15) is 0 Å². The molecule has 1 unspecified atom stereocenters. The fraction of sp³-hybridized carbons (Fsp3) is 0.556. The number of rotatable bonds is 1. The summed E-state index contributed by atoms with van der Waals surface area (Å²) >= 11 is 0. The van der Waals surface area contributed by atoms with Crippen LogP contribution >= 0.6 is 0 Å². The second-order valence-corrected chi connectivity index (χ2v) is 7.68. The number of aromatic nitrogens is 2. The first kappa shape index (κ1) is 12.7. The average molecular weight is 295 g/mol. The first-order chi connectivity index (χ1) is 10.6. The van der Waals surface area contributed by atoms with E-state index in [2.05, 4.69) is 16.8 Å². The zero-order valence-corrected chi connectivity index (χ0v) is 12.9. The molecule has 4 atom stereocenters. The third-order valence-electron chi connectivity index (χ3n) is 6.69. The predicted molar refractivity (Wildman–Crippen MR) is 83.5 cm³/mol. The summed E-state index contributed by atoms with van der Waals surface area (Å²) in [7, 11) is 0. The SMILES string of the molecule is C[C@]12CN(C(=O)c3ccc4nccn4c3)CC1[C@@H]1CC[C@H]2C1. The van der Waals surface area contributed by atoms with E-state index in [0.717, 1.165) is 42.1 Å². The number of carbonyl (C=O) groups excluding carboxylic acids is 1. The zero-order chi connectivity index (χ0) is 14.9. The molecule has 1 saturated heterocycles. The lowest BCUT2D eigenvalue weighted by molar-refractivity contribution is 0.0759. The van der Waals surface area contributed by atoms with E-state index in [-0.39, 0.29) is 5.91 Å². The van der Waals surface area contributed by atoms with E-state index in [1.54, 1.807) is 6.20 Å². The molecule has 3 aliphatic rings. The molecule has 3 heterocycles. The van der Waals surface area contributed by atoms with Crippen molar-refractivity contribution < 1.29 is 4.79 Å². The smallest absolute Gasteiger partial charge is 0.255 e. The van der Waals surface area contributed by atoms with Crippen LogP contribution in [0.15, 0.2) is 30.7 Å². The Balaban J connectivity index is 1.44. The summed E-state index contributed by atoms with van der Waals surface area (Å²) in [6.45, 7) is 4.33. The van der Waals surface area contributed by atoms with Crippen molar-refractivity contribution in [1.82, 2.24) is 14.3 Å². The Kier molecular flexibility index (Phi) is 2.37. The van der Waals surface area contributed by atoms with Crippen LogP contribution in [-0.4, -0.2) is 33.3 Å². The number of hydrogen-bond donors (Lipinski definition) is 0. The lowest BCUT2D eigenvalue weighted by Crippen LogP contribution is -2.34. The lowest BCUT2D eigenvalue weighted by Gasteiger charge is -2.34. The van der Waals surface area contributed by atoms with Crippen molar-refractivity contribution in [3.63, 3.8) is 0 Å².